The van der Waals surface area contributed by atoms with Gasteiger partial charge in [0.1, 0.15) is 5.82 Å². The molecule has 0 radical (unpaired) electrons. The third-order valence-corrected chi connectivity index (χ3v) is 3.35. The van der Waals surface area contributed by atoms with Gasteiger partial charge in [-0.1, -0.05) is 6.07 Å². The van der Waals surface area contributed by atoms with Gasteiger partial charge >= 0.3 is 0 Å². The number of hydrogen-bond donors (Lipinski definition) is 1. The third kappa shape index (κ3) is 1.81. The summed E-state index contributed by atoms with van der Waals surface area (Å²) in [6.45, 7) is 0. The molecule has 0 atom stereocenters. The number of nitrogens with zero attached hydrogens (tertiary/aromatic N) is 3. The molecule has 0 aliphatic carbocycles. The van der Waals surface area contributed by atoms with Crippen molar-refractivity contribution in [3.8, 4) is 16.3 Å². The molecule has 17 heavy (non-hydrogen) atoms. The molecule has 3 aromatic rings. The second kappa shape index (κ2) is 4.03. The predicted molar refractivity (Wildman–Crippen MR) is 69.1 cm³/mol. The van der Waals surface area contributed by atoms with Crippen LogP contribution in [0.25, 0.3) is 16.3 Å². The van der Waals surface area contributed by atoms with Crippen LogP contribution in [0.5, 0.6) is 0 Å². The molecule has 5 heteroatoms. The predicted octanol–water partition coefficient (Wildman–Crippen LogP) is 2.58. The lowest BCUT2D eigenvalue weighted by Crippen LogP contribution is -1.96. The van der Waals surface area contributed by atoms with Gasteiger partial charge in [-0.2, -0.15) is 0 Å². The Morgan fingerprint density at radius 1 is 1.18 bits per heavy atom. The molecule has 2 N–H and O–H groups in total. The first kappa shape index (κ1) is 10.0. The standard InChI is InChI=1S/C12H10N4S/c13-12-4-3-9(6-15-12)16-8-14-7-10(16)11-2-1-5-17-11/h1-8H,(H2,13,15). The number of anilines is 1. The van der Waals surface area contributed by atoms with Crippen molar-refractivity contribution in [2.45, 2.75) is 0 Å². The Bertz CT molecular complexity index is 610. The van der Waals surface area contributed by atoms with E-state index < -0.39 is 0 Å². The van der Waals surface area contributed by atoms with Gasteiger partial charge in [-0.15, -0.1) is 11.3 Å². The van der Waals surface area contributed by atoms with Crippen molar-refractivity contribution in [3.05, 3.63) is 48.4 Å². The summed E-state index contributed by atoms with van der Waals surface area (Å²) in [6.07, 6.45) is 5.37. The Morgan fingerprint density at radius 2 is 2.12 bits per heavy atom. The van der Waals surface area contributed by atoms with Crippen LogP contribution < -0.4 is 5.73 Å². The monoisotopic (exact) mass is 242 g/mol. The molecule has 3 rings (SSSR count). The molecule has 0 fully saturated rings. The number of thiophene rings is 1. The number of rotatable bonds is 2. The zero-order chi connectivity index (χ0) is 11.7. The minimum atomic E-state index is 0.520. The maximum Gasteiger partial charge on any atom is 0.123 e. The van der Waals surface area contributed by atoms with E-state index in [2.05, 4.69) is 16.0 Å². The van der Waals surface area contributed by atoms with Gasteiger partial charge in [0.25, 0.3) is 0 Å². The van der Waals surface area contributed by atoms with Gasteiger partial charge in [0.2, 0.25) is 0 Å². The highest BCUT2D eigenvalue weighted by atomic mass is 32.1. The second-order valence-electron chi connectivity index (χ2n) is 3.57. The fourth-order valence-corrected chi connectivity index (χ4v) is 2.38. The largest absolute Gasteiger partial charge is 0.384 e. The smallest absolute Gasteiger partial charge is 0.123 e. The summed E-state index contributed by atoms with van der Waals surface area (Å²) < 4.78 is 2.00. The van der Waals surface area contributed by atoms with Crippen LogP contribution in [0.15, 0.2) is 48.4 Å². The SMILES string of the molecule is Nc1ccc(-n2cncc2-c2cccs2)cn1. The zero-order valence-electron chi connectivity index (χ0n) is 8.95. The van der Waals surface area contributed by atoms with E-state index in [4.69, 9.17) is 5.73 Å². The Kier molecular flexibility index (Phi) is 2.38. The summed E-state index contributed by atoms with van der Waals surface area (Å²) in [4.78, 5) is 9.46. The van der Waals surface area contributed by atoms with E-state index in [-0.39, 0.29) is 0 Å². The van der Waals surface area contributed by atoms with Crippen molar-refractivity contribution < 1.29 is 0 Å². The number of nitrogens with two attached hydrogens (primary N) is 1. The van der Waals surface area contributed by atoms with Gasteiger partial charge < -0.3 is 5.73 Å². The van der Waals surface area contributed by atoms with Crippen molar-refractivity contribution in [1.82, 2.24) is 14.5 Å². The molecule has 0 aliphatic rings. The molecule has 3 aromatic heterocycles. The minimum Gasteiger partial charge on any atom is -0.384 e. The highest BCUT2D eigenvalue weighted by Gasteiger charge is 2.07. The van der Waals surface area contributed by atoms with Crippen LogP contribution in [0.3, 0.4) is 0 Å². The lowest BCUT2D eigenvalue weighted by atomic mass is 10.3. The van der Waals surface area contributed by atoms with Crippen LogP contribution >= 0.6 is 11.3 Å². The number of pyridine rings is 1. The average molecular weight is 242 g/mol. The number of hydrogen-bond acceptors (Lipinski definition) is 4. The Hall–Kier alpha value is -2.14. The minimum absolute atomic E-state index is 0.520. The topological polar surface area (TPSA) is 56.7 Å². The second-order valence-corrected chi connectivity index (χ2v) is 4.52. The van der Waals surface area contributed by atoms with Crippen molar-refractivity contribution >= 4 is 17.2 Å². The van der Waals surface area contributed by atoms with Gasteiger partial charge in [0.05, 0.1) is 35.0 Å². The highest BCUT2D eigenvalue weighted by Crippen LogP contribution is 2.26. The number of nitrogen functional groups attached to an aromatic ring is 1. The molecule has 0 bridgehead atoms. The summed E-state index contributed by atoms with van der Waals surface area (Å²) in [5, 5.41) is 2.05. The van der Waals surface area contributed by atoms with Gasteiger partial charge in [-0.05, 0) is 23.6 Å². The van der Waals surface area contributed by atoms with E-state index >= 15 is 0 Å². The third-order valence-electron chi connectivity index (χ3n) is 2.46. The summed E-state index contributed by atoms with van der Waals surface area (Å²) >= 11 is 1.69. The highest BCUT2D eigenvalue weighted by molar-refractivity contribution is 7.13. The molecule has 4 nitrogen and oxygen atoms in total. The van der Waals surface area contributed by atoms with E-state index in [0.717, 1.165) is 11.4 Å². The normalized spacial score (nSPS) is 10.6. The molecule has 3 heterocycles. The molecule has 84 valence electrons. The lowest BCUT2D eigenvalue weighted by molar-refractivity contribution is 1.05. The van der Waals surface area contributed by atoms with E-state index in [1.54, 1.807) is 29.9 Å². The van der Waals surface area contributed by atoms with Crippen molar-refractivity contribution in [2.75, 3.05) is 5.73 Å². The van der Waals surface area contributed by atoms with Crippen LogP contribution in [0.4, 0.5) is 5.82 Å². The summed E-state index contributed by atoms with van der Waals surface area (Å²) in [6, 6.07) is 7.82. The van der Waals surface area contributed by atoms with E-state index in [0.29, 0.717) is 5.82 Å². The molecule has 0 spiro atoms. The molecular formula is C12H10N4S. The number of aromatic nitrogens is 3. The van der Waals surface area contributed by atoms with Crippen LogP contribution in [-0.4, -0.2) is 14.5 Å². The van der Waals surface area contributed by atoms with Gasteiger partial charge in [-0.3, -0.25) is 4.57 Å². The van der Waals surface area contributed by atoms with E-state index in [1.807, 2.05) is 28.3 Å². The Balaban J connectivity index is 2.10. The lowest BCUT2D eigenvalue weighted by Gasteiger charge is -2.06. The maximum atomic E-state index is 5.58. The maximum absolute atomic E-state index is 5.58. The first-order valence-corrected chi connectivity index (χ1v) is 6.01. The van der Waals surface area contributed by atoms with Crippen LogP contribution in [-0.2, 0) is 0 Å². The van der Waals surface area contributed by atoms with Crippen LogP contribution in [0.2, 0.25) is 0 Å². The van der Waals surface area contributed by atoms with Crippen LogP contribution in [0.1, 0.15) is 0 Å². The summed E-state index contributed by atoms with van der Waals surface area (Å²) in [7, 11) is 0. The molecule has 0 saturated carbocycles. The summed E-state index contributed by atoms with van der Waals surface area (Å²) in [5.41, 5.74) is 7.60. The van der Waals surface area contributed by atoms with Crippen LogP contribution in [0, 0.1) is 0 Å². The van der Waals surface area contributed by atoms with Gasteiger partial charge in [-0.25, -0.2) is 9.97 Å². The fourth-order valence-electron chi connectivity index (χ4n) is 1.65. The summed E-state index contributed by atoms with van der Waals surface area (Å²) in [5.74, 6) is 0.520. The Labute approximate surface area is 102 Å². The molecule has 0 aliphatic heterocycles. The van der Waals surface area contributed by atoms with Gasteiger partial charge in [0.15, 0.2) is 0 Å². The molecule has 0 saturated heterocycles. The first-order chi connectivity index (χ1) is 8.34. The molecular weight excluding hydrogens is 232 g/mol. The van der Waals surface area contributed by atoms with E-state index in [9.17, 15) is 0 Å². The first-order valence-electron chi connectivity index (χ1n) is 5.13. The molecule has 0 aromatic carbocycles. The van der Waals surface area contributed by atoms with Crippen molar-refractivity contribution in [1.29, 1.82) is 0 Å². The van der Waals surface area contributed by atoms with Crippen molar-refractivity contribution in [3.63, 3.8) is 0 Å². The number of imidazole rings is 1. The molecule has 0 amide bonds. The van der Waals surface area contributed by atoms with E-state index in [1.165, 1.54) is 4.88 Å². The zero-order valence-corrected chi connectivity index (χ0v) is 9.76. The quantitative estimate of drug-likeness (QED) is 0.751. The van der Waals surface area contributed by atoms with Crippen molar-refractivity contribution in [2.24, 2.45) is 0 Å². The Morgan fingerprint density at radius 3 is 2.82 bits per heavy atom. The average Bonchev–Trinajstić information content (AvgIpc) is 3.00. The fraction of sp³-hybridized carbons (Fsp3) is 0. The van der Waals surface area contributed by atoms with Gasteiger partial charge in [0, 0.05) is 0 Å². The molecule has 0 unspecified atom stereocenters.